The number of aromatic nitrogens is 2. The van der Waals surface area contributed by atoms with Gasteiger partial charge in [0.25, 0.3) is 0 Å². The predicted molar refractivity (Wildman–Crippen MR) is 73.0 cm³/mol. The smallest absolute Gasteiger partial charge is 0.137 e. The molecule has 3 aromatic rings. The van der Waals surface area contributed by atoms with E-state index in [1.165, 1.54) is 10.9 Å². The number of fused-ring (bicyclic) bond motifs is 3. The van der Waals surface area contributed by atoms with Crippen LogP contribution in [0.1, 0.15) is 11.3 Å². The van der Waals surface area contributed by atoms with Gasteiger partial charge in [0, 0.05) is 16.4 Å². The highest BCUT2D eigenvalue weighted by Crippen LogP contribution is 2.28. The molecule has 0 aliphatic heterocycles. The molecule has 0 unspecified atom stereocenters. The van der Waals surface area contributed by atoms with Gasteiger partial charge in [-0.1, -0.05) is 12.1 Å². The Hall–Kier alpha value is -1.39. The third-order valence-corrected chi connectivity index (χ3v) is 3.69. The molecule has 2 heterocycles. The molecule has 1 aromatic carbocycles. The van der Waals surface area contributed by atoms with Gasteiger partial charge in [0.15, 0.2) is 0 Å². The Bertz CT molecular complexity index is 715. The summed E-state index contributed by atoms with van der Waals surface area (Å²) in [6.07, 6.45) is 1.84. The number of benzene rings is 1. The molecule has 0 fully saturated rings. The van der Waals surface area contributed by atoms with Crippen LogP contribution >= 0.6 is 15.9 Å². The quantitative estimate of drug-likeness (QED) is 0.748. The van der Waals surface area contributed by atoms with Crippen LogP contribution in [0, 0.1) is 6.92 Å². The van der Waals surface area contributed by atoms with Crippen molar-refractivity contribution in [3.05, 3.63) is 46.2 Å². The Morgan fingerprint density at radius 3 is 3.00 bits per heavy atom. The molecule has 0 saturated carbocycles. The first-order chi connectivity index (χ1) is 8.22. The lowest BCUT2D eigenvalue weighted by atomic mass is 10.1. The maximum absolute atomic E-state index is 5.76. The second-order valence-corrected chi connectivity index (χ2v) is 4.96. The molecule has 2 aromatic heterocycles. The Balaban J connectivity index is 2.63. The van der Waals surface area contributed by atoms with Gasteiger partial charge in [-0.25, -0.2) is 4.98 Å². The summed E-state index contributed by atoms with van der Waals surface area (Å²) in [6.45, 7) is 2.59. The Morgan fingerprint density at radius 1 is 1.41 bits per heavy atom. The van der Waals surface area contributed by atoms with Crippen molar-refractivity contribution in [1.82, 2.24) is 9.38 Å². The number of hydrogen-bond acceptors (Lipinski definition) is 2. The number of imidazole rings is 1. The van der Waals surface area contributed by atoms with Crippen molar-refractivity contribution in [3.8, 4) is 0 Å². The van der Waals surface area contributed by atoms with Crippen molar-refractivity contribution in [2.24, 2.45) is 5.73 Å². The fourth-order valence-corrected chi connectivity index (χ4v) is 2.78. The molecule has 0 saturated heterocycles. The van der Waals surface area contributed by atoms with E-state index in [0.29, 0.717) is 6.54 Å². The third kappa shape index (κ3) is 1.48. The van der Waals surface area contributed by atoms with Gasteiger partial charge in [-0.15, -0.1) is 0 Å². The number of para-hydroxylation sites is 1. The Labute approximate surface area is 107 Å². The molecule has 86 valence electrons. The Kier molecular flexibility index (Phi) is 2.42. The van der Waals surface area contributed by atoms with Crippen molar-refractivity contribution < 1.29 is 0 Å². The first kappa shape index (κ1) is 10.7. The van der Waals surface area contributed by atoms with Crippen LogP contribution in [0.5, 0.6) is 0 Å². The zero-order valence-electron chi connectivity index (χ0n) is 9.44. The molecule has 0 aliphatic rings. The summed E-state index contributed by atoms with van der Waals surface area (Å²) in [7, 11) is 0. The van der Waals surface area contributed by atoms with Gasteiger partial charge in [0.1, 0.15) is 5.65 Å². The molecule has 0 bridgehead atoms. The van der Waals surface area contributed by atoms with E-state index in [9.17, 15) is 0 Å². The number of nitrogens with zero attached hydrogens (tertiary/aromatic N) is 2. The Morgan fingerprint density at radius 2 is 2.24 bits per heavy atom. The van der Waals surface area contributed by atoms with Crippen molar-refractivity contribution >= 4 is 32.5 Å². The van der Waals surface area contributed by atoms with Crippen molar-refractivity contribution in [3.63, 3.8) is 0 Å². The van der Waals surface area contributed by atoms with Gasteiger partial charge in [0.2, 0.25) is 0 Å². The van der Waals surface area contributed by atoms with Gasteiger partial charge in [-0.05, 0) is 40.5 Å². The van der Waals surface area contributed by atoms with Crippen LogP contribution in [0.15, 0.2) is 34.9 Å². The first-order valence-electron chi connectivity index (χ1n) is 5.46. The molecule has 0 radical (unpaired) electrons. The highest BCUT2D eigenvalue weighted by atomic mass is 79.9. The molecular formula is C13H12BrN3. The van der Waals surface area contributed by atoms with Gasteiger partial charge in [0.05, 0.1) is 17.4 Å². The van der Waals surface area contributed by atoms with E-state index in [4.69, 9.17) is 5.73 Å². The van der Waals surface area contributed by atoms with E-state index < -0.39 is 0 Å². The lowest BCUT2D eigenvalue weighted by Gasteiger charge is -2.09. The normalized spacial score (nSPS) is 11.5. The lowest BCUT2D eigenvalue weighted by molar-refractivity contribution is 0.978. The van der Waals surface area contributed by atoms with Crippen LogP contribution in [0.3, 0.4) is 0 Å². The number of hydrogen-bond donors (Lipinski definition) is 1. The SMILES string of the molecule is Cc1cc2ncc(CN)n2c2c(Br)cccc12. The van der Waals surface area contributed by atoms with E-state index >= 15 is 0 Å². The summed E-state index contributed by atoms with van der Waals surface area (Å²) >= 11 is 3.61. The second kappa shape index (κ2) is 3.82. The average Bonchev–Trinajstić information content (AvgIpc) is 2.72. The summed E-state index contributed by atoms with van der Waals surface area (Å²) in [5.74, 6) is 0. The fourth-order valence-electron chi connectivity index (χ4n) is 2.24. The minimum Gasteiger partial charge on any atom is -0.325 e. The standard InChI is InChI=1S/C13H12BrN3/c1-8-5-12-16-7-9(6-15)17(12)13-10(8)3-2-4-11(13)14/h2-5,7H,6,15H2,1H3. The molecule has 3 nitrogen and oxygen atoms in total. The van der Waals surface area contributed by atoms with Crippen LogP contribution in [0.4, 0.5) is 0 Å². The topological polar surface area (TPSA) is 43.3 Å². The summed E-state index contributed by atoms with van der Waals surface area (Å²) in [5, 5.41) is 1.22. The molecule has 17 heavy (non-hydrogen) atoms. The summed E-state index contributed by atoms with van der Waals surface area (Å²) in [6, 6.07) is 8.30. The predicted octanol–water partition coefficient (Wildman–Crippen LogP) is 3.02. The molecule has 0 spiro atoms. The maximum atomic E-state index is 5.76. The molecule has 0 amide bonds. The number of aryl methyl sites for hydroxylation is 1. The van der Waals surface area contributed by atoms with Crippen LogP contribution < -0.4 is 5.73 Å². The monoisotopic (exact) mass is 289 g/mol. The average molecular weight is 290 g/mol. The van der Waals surface area contributed by atoms with Crippen LogP contribution in [-0.4, -0.2) is 9.38 Å². The zero-order valence-corrected chi connectivity index (χ0v) is 11.0. The highest BCUT2D eigenvalue weighted by molar-refractivity contribution is 9.10. The molecule has 0 atom stereocenters. The second-order valence-electron chi connectivity index (χ2n) is 4.11. The summed E-state index contributed by atoms with van der Waals surface area (Å²) in [4.78, 5) is 4.40. The number of rotatable bonds is 1. The minimum absolute atomic E-state index is 0.487. The molecule has 4 heteroatoms. The van der Waals surface area contributed by atoms with E-state index in [1.54, 1.807) is 0 Å². The maximum Gasteiger partial charge on any atom is 0.137 e. The van der Waals surface area contributed by atoms with E-state index in [1.807, 2.05) is 18.3 Å². The van der Waals surface area contributed by atoms with Crippen LogP contribution in [-0.2, 0) is 6.54 Å². The van der Waals surface area contributed by atoms with Crippen molar-refractivity contribution in [2.75, 3.05) is 0 Å². The van der Waals surface area contributed by atoms with Crippen molar-refractivity contribution in [2.45, 2.75) is 13.5 Å². The van der Waals surface area contributed by atoms with Crippen LogP contribution in [0.2, 0.25) is 0 Å². The fraction of sp³-hybridized carbons (Fsp3) is 0.154. The van der Waals surface area contributed by atoms with Crippen molar-refractivity contribution in [1.29, 1.82) is 0 Å². The number of halogens is 1. The van der Waals surface area contributed by atoms with Gasteiger partial charge in [-0.3, -0.25) is 4.40 Å². The van der Waals surface area contributed by atoms with Gasteiger partial charge in [-0.2, -0.15) is 0 Å². The van der Waals surface area contributed by atoms with E-state index in [-0.39, 0.29) is 0 Å². The third-order valence-electron chi connectivity index (χ3n) is 3.05. The summed E-state index contributed by atoms with van der Waals surface area (Å²) in [5.41, 5.74) is 10.1. The number of nitrogens with two attached hydrogens (primary N) is 1. The number of pyridine rings is 1. The summed E-state index contributed by atoms with van der Waals surface area (Å²) < 4.78 is 3.18. The van der Waals surface area contributed by atoms with E-state index in [2.05, 4.69) is 44.4 Å². The van der Waals surface area contributed by atoms with Gasteiger partial charge < -0.3 is 5.73 Å². The van der Waals surface area contributed by atoms with E-state index in [0.717, 1.165) is 21.3 Å². The minimum atomic E-state index is 0.487. The first-order valence-corrected chi connectivity index (χ1v) is 6.26. The van der Waals surface area contributed by atoms with Gasteiger partial charge >= 0.3 is 0 Å². The van der Waals surface area contributed by atoms with Crippen LogP contribution in [0.25, 0.3) is 16.6 Å². The largest absolute Gasteiger partial charge is 0.325 e. The molecule has 3 rings (SSSR count). The highest BCUT2D eigenvalue weighted by Gasteiger charge is 2.10. The zero-order chi connectivity index (χ0) is 12.0. The molecule has 2 N–H and O–H groups in total. The molecule has 0 aliphatic carbocycles. The lowest BCUT2D eigenvalue weighted by Crippen LogP contribution is -2.02. The molecular weight excluding hydrogens is 278 g/mol.